The van der Waals surface area contributed by atoms with Crippen molar-refractivity contribution < 1.29 is 13.9 Å². The van der Waals surface area contributed by atoms with Crippen LogP contribution in [-0.4, -0.2) is 50.4 Å². The molecule has 1 aromatic heterocycles. The molecule has 0 spiro atoms. The fraction of sp³-hybridized carbons (Fsp3) is 0.353. The molecule has 0 amide bonds. The van der Waals surface area contributed by atoms with Crippen LogP contribution in [-0.2, 0) is 12.8 Å². The zero-order chi connectivity index (χ0) is 26.8. The van der Waals surface area contributed by atoms with Gasteiger partial charge in [-0.2, -0.15) is 0 Å². The van der Waals surface area contributed by atoms with Crippen LogP contribution in [0, 0.1) is 5.92 Å². The summed E-state index contributed by atoms with van der Waals surface area (Å²) in [5, 5.41) is 1.31. The number of aryl methyl sites for hydroxylation is 1. The Kier molecular flexibility index (Phi) is 7.43. The molecule has 1 N–H and O–H groups in total. The normalized spacial score (nSPS) is 16.2. The monoisotopic (exact) mass is 524 g/mol. The number of para-hydroxylation sites is 1. The molecule has 3 aromatic carbocycles. The minimum Gasteiger partial charge on any atom is -0.493 e. The lowest BCUT2D eigenvalue weighted by Crippen LogP contribution is -2.47. The summed E-state index contributed by atoms with van der Waals surface area (Å²) < 4.78 is 24.1. The summed E-state index contributed by atoms with van der Waals surface area (Å²) >= 11 is 0. The average Bonchev–Trinajstić information content (AvgIpc) is 3.35. The van der Waals surface area contributed by atoms with Crippen LogP contribution in [0.25, 0.3) is 22.0 Å². The number of fused-ring (bicyclic) bond motifs is 3. The predicted octanol–water partition coefficient (Wildman–Crippen LogP) is 7.31. The maximum atomic E-state index is 12.5. The maximum Gasteiger partial charge on any atom is 0.168 e. The van der Waals surface area contributed by atoms with Crippen molar-refractivity contribution in [1.29, 1.82) is 0 Å². The van der Waals surface area contributed by atoms with Gasteiger partial charge in [0, 0.05) is 42.3 Å². The Labute approximate surface area is 230 Å². The molecule has 0 bridgehead atoms. The number of halogens is 1. The first-order valence-corrected chi connectivity index (χ1v) is 14.1. The first-order valence-electron chi connectivity index (χ1n) is 14.1. The molecule has 0 saturated carbocycles. The van der Waals surface area contributed by atoms with E-state index in [-0.39, 0.29) is 6.67 Å². The van der Waals surface area contributed by atoms with Crippen LogP contribution >= 0.6 is 0 Å². The zero-order valence-electron chi connectivity index (χ0n) is 22.9. The van der Waals surface area contributed by atoms with Crippen LogP contribution in [0.5, 0.6) is 11.5 Å². The molecule has 1 aliphatic carbocycles. The number of aromatic nitrogens is 1. The van der Waals surface area contributed by atoms with Gasteiger partial charge in [-0.3, -0.25) is 4.39 Å². The lowest BCUT2D eigenvalue weighted by atomic mass is 9.85. The molecule has 6 rings (SSSR count). The molecule has 0 unspecified atom stereocenters. The van der Waals surface area contributed by atoms with Crippen molar-refractivity contribution in [3.05, 3.63) is 94.7 Å². The Morgan fingerprint density at radius 3 is 2.54 bits per heavy atom. The Bertz CT molecular complexity index is 1480. The summed E-state index contributed by atoms with van der Waals surface area (Å²) in [5.41, 5.74) is 10.2. The third-order valence-electron chi connectivity index (χ3n) is 8.41. The Balaban J connectivity index is 1.41. The number of benzene rings is 3. The highest BCUT2D eigenvalue weighted by Crippen LogP contribution is 2.46. The number of ether oxygens (including phenoxy) is 2. The average molecular weight is 525 g/mol. The van der Waals surface area contributed by atoms with E-state index in [0.29, 0.717) is 12.3 Å². The van der Waals surface area contributed by atoms with Crippen molar-refractivity contribution in [2.75, 3.05) is 40.5 Å². The van der Waals surface area contributed by atoms with E-state index in [1.807, 2.05) is 12.3 Å². The molecule has 1 saturated heterocycles. The topological polar surface area (TPSA) is 37.5 Å². The lowest BCUT2D eigenvalue weighted by molar-refractivity contribution is 0.0968. The van der Waals surface area contributed by atoms with E-state index in [0.717, 1.165) is 62.4 Å². The van der Waals surface area contributed by atoms with Crippen LogP contribution in [0.1, 0.15) is 47.1 Å². The molecule has 39 heavy (non-hydrogen) atoms. The van der Waals surface area contributed by atoms with E-state index in [2.05, 4.69) is 64.5 Å². The number of nitrogens with one attached hydrogen (secondary N) is 1. The SMILES string of the molecule is COc1cccc(C2=C(c3ccc(CC4CN(CCCF)C4)cc3)c3ccc4[nH]ccc4c3CCC2)c1OC. The predicted molar refractivity (Wildman–Crippen MR) is 157 cm³/mol. The number of rotatable bonds is 9. The number of alkyl halides is 1. The minimum atomic E-state index is -0.221. The third-order valence-corrected chi connectivity index (χ3v) is 8.41. The number of H-pyrrole nitrogens is 1. The van der Waals surface area contributed by atoms with Gasteiger partial charge in [0.25, 0.3) is 0 Å². The van der Waals surface area contributed by atoms with Crippen molar-refractivity contribution in [2.24, 2.45) is 5.92 Å². The molecular formula is C34H37FN2O2. The Morgan fingerprint density at radius 1 is 0.923 bits per heavy atom. The van der Waals surface area contributed by atoms with Gasteiger partial charge in [0.05, 0.1) is 20.9 Å². The number of likely N-dealkylation sites (tertiary alicyclic amines) is 1. The second kappa shape index (κ2) is 11.3. The fourth-order valence-electron chi connectivity index (χ4n) is 6.57. The number of allylic oxidation sites excluding steroid dienone is 1. The summed E-state index contributed by atoms with van der Waals surface area (Å²) in [7, 11) is 3.42. The van der Waals surface area contributed by atoms with Crippen LogP contribution in [0.2, 0.25) is 0 Å². The van der Waals surface area contributed by atoms with Gasteiger partial charge < -0.3 is 19.4 Å². The molecular weight excluding hydrogens is 487 g/mol. The Hall–Kier alpha value is -3.57. The van der Waals surface area contributed by atoms with Crippen molar-refractivity contribution in [3.63, 3.8) is 0 Å². The molecule has 1 fully saturated rings. The van der Waals surface area contributed by atoms with Crippen molar-refractivity contribution in [1.82, 2.24) is 9.88 Å². The summed E-state index contributed by atoms with van der Waals surface area (Å²) in [6.07, 6.45) is 6.81. The fourth-order valence-corrected chi connectivity index (χ4v) is 6.57. The number of hydrogen-bond donors (Lipinski definition) is 1. The number of hydrogen-bond acceptors (Lipinski definition) is 3. The molecule has 4 nitrogen and oxygen atoms in total. The molecule has 1 aliphatic heterocycles. The second-order valence-electron chi connectivity index (χ2n) is 10.8. The number of aromatic amines is 1. The van der Waals surface area contributed by atoms with Crippen LogP contribution in [0.3, 0.4) is 0 Å². The van der Waals surface area contributed by atoms with Crippen LogP contribution in [0.4, 0.5) is 4.39 Å². The van der Waals surface area contributed by atoms with E-state index >= 15 is 0 Å². The van der Waals surface area contributed by atoms with E-state index in [9.17, 15) is 4.39 Å². The van der Waals surface area contributed by atoms with Crippen molar-refractivity contribution >= 4 is 22.0 Å². The first kappa shape index (κ1) is 25.7. The largest absolute Gasteiger partial charge is 0.493 e. The van der Waals surface area contributed by atoms with E-state index in [4.69, 9.17) is 9.47 Å². The molecule has 2 aliphatic rings. The highest BCUT2D eigenvalue weighted by molar-refractivity contribution is 6.03. The lowest BCUT2D eigenvalue weighted by Gasteiger charge is -2.39. The summed E-state index contributed by atoms with van der Waals surface area (Å²) in [6, 6.07) is 22.1. The zero-order valence-corrected chi connectivity index (χ0v) is 22.9. The van der Waals surface area contributed by atoms with E-state index in [1.165, 1.54) is 44.3 Å². The molecule has 5 heteroatoms. The third kappa shape index (κ3) is 4.96. The van der Waals surface area contributed by atoms with Gasteiger partial charge >= 0.3 is 0 Å². The molecule has 4 aromatic rings. The van der Waals surface area contributed by atoms with Gasteiger partial charge in [-0.15, -0.1) is 0 Å². The highest BCUT2D eigenvalue weighted by Gasteiger charge is 2.27. The van der Waals surface area contributed by atoms with Gasteiger partial charge in [-0.25, -0.2) is 0 Å². The van der Waals surface area contributed by atoms with Crippen LogP contribution in [0.15, 0.2) is 66.9 Å². The van der Waals surface area contributed by atoms with E-state index < -0.39 is 0 Å². The smallest absolute Gasteiger partial charge is 0.168 e. The molecule has 0 radical (unpaired) electrons. The summed E-state index contributed by atoms with van der Waals surface area (Å²) in [6.45, 7) is 2.81. The van der Waals surface area contributed by atoms with E-state index in [1.54, 1.807) is 14.2 Å². The van der Waals surface area contributed by atoms with Gasteiger partial charge in [0.2, 0.25) is 0 Å². The summed E-state index contributed by atoms with van der Waals surface area (Å²) in [4.78, 5) is 5.76. The summed E-state index contributed by atoms with van der Waals surface area (Å²) in [5.74, 6) is 2.20. The maximum absolute atomic E-state index is 12.5. The van der Waals surface area contributed by atoms with Crippen molar-refractivity contribution in [2.45, 2.75) is 32.1 Å². The van der Waals surface area contributed by atoms with Gasteiger partial charge in [-0.1, -0.05) is 42.5 Å². The first-order chi connectivity index (χ1) is 19.2. The molecule has 202 valence electrons. The Morgan fingerprint density at radius 2 is 1.77 bits per heavy atom. The molecule has 2 heterocycles. The van der Waals surface area contributed by atoms with Crippen molar-refractivity contribution in [3.8, 4) is 11.5 Å². The number of nitrogens with zero attached hydrogens (tertiary/aromatic N) is 1. The van der Waals surface area contributed by atoms with Gasteiger partial charge in [-0.05, 0) is 89.6 Å². The quantitative estimate of drug-likeness (QED) is 0.249. The highest BCUT2D eigenvalue weighted by atomic mass is 19.1. The number of methoxy groups -OCH3 is 2. The second-order valence-corrected chi connectivity index (χ2v) is 10.8. The van der Waals surface area contributed by atoms with Crippen LogP contribution < -0.4 is 9.47 Å². The standard InChI is InChI=1S/C34H37FN2O2/c1-38-32-9-4-8-30(34(32)39-2)28-7-3-6-26-27-16-18-36-31(27)15-14-29(26)33(28)25-12-10-23(11-13-25)20-24-21-37(22-24)19-5-17-35/h4,8-16,18,24,36H,3,5-7,17,19-22H2,1-2H3. The molecule has 0 atom stereocenters. The van der Waals surface area contributed by atoms with Gasteiger partial charge in [0.1, 0.15) is 0 Å². The minimum absolute atomic E-state index is 0.221. The van der Waals surface area contributed by atoms with Gasteiger partial charge in [0.15, 0.2) is 11.5 Å².